The molecule has 238 valence electrons. The van der Waals surface area contributed by atoms with Crippen LogP contribution >= 0.6 is 0 Å². The highest BCUT2D eigenvalue weighted by Crippen LogP contribution is 2.37. The van der Waals surface area contributed by atoms with Crippen molar-refractivity contribution in [2.75, 3.05) is 26.7 Å². The first kappa shape index (κ1) is 34.2. The zero-order valence-electron chi connectivity index (χ0n) is 25.0. The van der Waals surface area contributed by atoms with E-state index in [0.717, 1.165) is 16.2 Å². The molecule has 1 aliphatic heterocycles. The first-order chi connectivity index (χ1) is 20.8. The Bertz CT molecular complexity index is 1330. The van der Waals surface area contributed by atoms with Gasteiger partial charge in [0.15, 0.2) is 5.54 Å². The topological polar surface area (TPSA) is 180 Å². The van der Waals surface area contributed by atoms with Crippen molar-refractivity contribution >= 4 is 29.8 Å². The molecule has 0 saturated carbocycles. The van der Waals surface area contributed by atoms with Crippen molar-refractivity contribution < 1.29 is 58.4 Å². The van der Waals surface area contributed by atoms with E-state index >= 15 is 0 Å². The van der Waals surface area contributed by atoms with E-state index in [2.05, 4.69) is 0 Å². The van der Waals surface area contributed by atoms with E-state index in [1.165, 1.54) is 14.0 Å². The number of carbonyl (C=O) groups excluding carboxylic acids is 4. The van der Waals surface area contributed by atoms with Gasteiger partial charge < -0.3 is 24.9 Å². The molecule has 13 nitrogen and oxygen atoms in total. The summed E-state index contributed by atoms with van der Waals surface area (Å²) >= 11 is 0. The van der Waals surface area contributed by atoms with Crippen molar-refractivity contribution in [1.82, 2.24) is 5.06 Å². The number of nitrogens with zero attached hydrogens (tertiary/aromatic N) is 2. The normalized spacial score (nSPS) is 21.7. The average molecular weight is 615 g/mol. The number of ether oxygens (including phenoxy) is 1. The highest BCUT2D eigenvalue weighted by Gasteiger charge is 2.56. The first-order valence-corrected chi connectivity index (χ1v) is 14.1. The Morgan fingerprint density at radius 3 is 2.07 bits per heavy atom. The second-order valence-corrected chi connectivity index (χ2v) is 11.1. The van der Waals surface area contributed by atoms with Gasteiger partial charge in [-0.05, 0) is 11.1 Å². The monoisotopic (exact) mass is 614 g/mol. The summed E-state index contributed by atoms with van der Waals surface area (Å²) in [5.74, 6) is -6.43. The van der Waals surface area contributed by atoms with E-state index in [4.69, 9.17) is 19.5 Å². The number of carboxylic acids is 2. The first-order valence-electron chi connectivity index (χ1n) is 14.1. The van der Waals surface area contributed by atoms with Crippen LogP contribution in [-0.2, 0) is 45.0 Å². The van der Waals surface area contributed by atoms with Crippen LogP contribution in [0.15, 0.2) is 60.7 Å². The van der Waals surface area contributed by atoms with Crippen LogP contribution in [0.1, 0.15) is 56.6 Å². The summed E-state index contributed by atoms with van der Waals surface area (Å²) in [6.45, 7) is 3.27. The van der Waals surface area contributed by atoms with Gasteiger partial charge in [0.2, 0.25) is 5.91 Å². The van der Waals surface area contributed by atoms with Crippen LogP contribution in [0.5, 0.6) is 0 Å². The molecule has 0 spiro atoms. The lowest BCUT2D eigenvalue weighted by molar-refractivity contribution is -1.09. The minimum atomic E-state index is -3.00. The van der Waals surface area contributed by atoms with Gasteiger partial charge in [-0.3, -0.25) is 19.3 Å². The van der Waals surface area contributed by atoms with Crippen molar-refractivity contribution in [3.05, 3.63) is 71.8 Å². The predicted molar refractivity (Wildman–Crippen MR) is 150 cm³/mol. The highest BCUT2D eigenvalue weighted by molar-refractivity contribution is 5.88. The fraction of sp³-hybridized carbons (Fsp3) is 0.452. The Labute approximate surface area is 255 Å². The van der Waals surface area contributed by atoms with Gasteiger partial charge in [0, 0.05) is 25.7 Å². The summed E-state index contributed by atoms with van der Waals surface area (Å²) in [5, 5.41) is 32.1. The number of hydrogen-bond acceptors (Lipinski definition) is 10. The van der Waals surface area contributed by atoms with Crippen LogP contribution in [-0.4, -0.2) is 87.6 Å². The van der Waals surface area contributed by atoms with Gasteiger partial charge in [-0.2, -0.15) is 0 Å². The van der Waals surface area contributed by atoms with Gasteiger partial charge >= 0.3 is 17.9 Å². The van der Waals surface area contributed by atoms with Crippen LogP contribution in [0.4, 0.5) is 0 Å². The molecule has 1 heterocycles. The second kappa shape index (κ2) is 14.4. The Morgan fingerprint density at radius 2 is 1.57 bits per heavy atom. The molecule has 0 aromatic heterocycles. The van der Waals surface area contributed by atoms with Crippen molar-refractivity contribution in [3.63, 3.8) is 0 Å². The molecule has 2 atom stereocenters. The van der Waals surface area contributed by atoms with Crippen molar-refractivity contribution in [2.45, 2.75) is 63.2 Å². The number of benzene rings is 2. The van der Waals surface area contributed by atoms with Crippen LogP contribution in [0.25, 0.3) is 0 Å². The molecule has 0 radical (unpaired) electrons. The molecule has 13 heteroatoms. The molecule has 1 fully saturated rings. The summed E-state index contributed by atoms with van der Waals surface area (Å²) in [5.41, 5.74) is -2.90. The molecule has 1 amide bonds. The van der Waals surface area contributed by atoms with Crippen molar-refractivity contribution in [2.24, 2.45) is 0 Å². The third-order valence-electron chi connectivity index (χ3n) is 7.84. The van der Waals surface area contributed by atoms with Crippen LogP contribution < -0.4 is 5.11 Å². The fourth-order valence-corrected chi connectivity index (χ4v) is 5.56. The molecular formula is C31H38N2O11. The SMILES string of the molecule is COC(=O)C1(N(OCc2ccccc2)C(C)=O)CC[N+](CC(C)c2ccccc2)(OC(=O)CC(O)(CC(=O)O)C(=O)[O-])CC1. The maximum Gasteiger partial charge on any atom is 0.369 e. The number of quaternary nitrogens is 1. The molecular weight excluding hydrogens is 576 g/mol. The van der Waals surface area contributed by atoms with Gasteiger partial charge in [-0.25, -0.2) is 14.7 Å². The maximum atomic E-state index is 13.3. The highest BCUT2D eigenvalue weighted by atomic mass is 16.7. The van der Waals surface area contributed by atoms with Crippen molar-refractivity contribution in [1.29, 1.82) is 0 Å². The molecule has 44 heavy (non-hydrogen) atoms. The lowest BCUT2D eigenvalue weighted by Crippen LogP contribution is -2.67. The number of aliphatic carboxylic acids is 2. The van der Waals surface area contributed by atoms with Crippen LogP contribution in [0.2, 0.25) is 0 Å². The Morgan fingerprint density at radius 1 is 1.00 bits per heavy atom. The third-order valence-corrected chi connectivity index (χ3v) is 7.84. The zero-order valence-corrected chi connectivity index (χ0v) is 25.0. The van der Waals surface area contributed by atoms with E-state index in [9.17, 15) is 34.2 Å². The van der Waals surface area contributed by atoms with E-state index in [0.29, 0.717) is 0 Å². The smallest absolute Gasteiger partial charge is 0.369 e. The van der Waals surface area contributed by atoms with Crippen LogP contribution in [0, 0.1) is 0 Å². The Kier molecular flexibility index (Phi) is 11.2. The predicted octanol–water partition coefficient (Wildman–Crippen LogP) is 1.10. The third kappa shape index (κ3) is 8.18. The summed E-state index contributed by atoms with van der Waals surface area (Å²) in [6.07, 6.45) is -2.59. The minimum absolute atomic E-state index is 0.00935. The maximum absolute atomic E-state index is 13.3. The Balaban J connectivity index is 1.93. The number of carbonyl (C=O) groups is 5. The lowest BCUT2D eigenvalue weighted by Gasteiger charge is -2.48. The van der Waals surface area contributed by atoms with E-state index < -0.39 is 58.4 Å². The number of methoxy groups -OCH3 is 1. The number of piperidine rings is 1. The molecule has 3 rings (SSSR count). The lowest BCUT2D eigenvalue weighted by atomic mass is 9.85. The minimum Gasteiger partial charge on any atom is -0.547 e. The molecule has 0 bridgehead atoms. The van der Waals surface area contributed by atoms with Gasteiger partial charge in [-0.15, -0.1) is 4.65 Å². The fourth-order valence-electron chi connectivity index (χ4n) is 5.56. The van der Waals surface area contributed by atoms with Gasteiger partial charge in [0.1, 0.15) is 31.8 Å². The van der Waals surface area contributed by atoms with E-state index in [1.807, 2.05) is 43.3 Å². The number of aliphatic hydroxyl groups is 1. The summed E-state index contributed by atoms with van der Waals surface area (Å²) in [4.78, 5) is 73.8. The molecule has 2 aromatic rings. The molecule has 1 saturated heterocycles. The number of amides is 1. The number of hydrogen-bond donors (Lipinski definition) is 2. The Hall–Kier alpha value is -4.33. The quantitative estimate of drug-likeness (QED) is 0.177. The number of esters is 1. The molecule has 0 aliphatic carbocycles. The number of rotatable bonds is 14. The largest absolute Gasteiger partial charge is 0.547 e. The molecule has 2 N–H and O–H groups in total. The second-order valence-electron chi connectivity index (χ2n) is 11.1. The molecule has 2 aromatic carbocycles. The van der Waals surface area contributed by atoms with E-state index in [-0.39, 0.29) is 45.0 Å². The zero-order chi connectivity index (χ0) is 32.5. The summed E-state index contributed by atoms with van der Waals surface area (Å²) in [6, 6.07) is 18.4. The van der Waals surface area contributed by atoms with Gasteiger partial charge in [-0.1, -0.05) is 67.6 Å². The van der Waals surface area contributed by atoms with Gasteiger partial charge in [0.05, 0.1) is 25.9 Å². The van der Waals surface area contributed by atoms with Crippen molar-refractivity contribution in [3.8, 4) is 0 Å². The standard InChI is InChI=1S/C31H38N2O11/c1-22(25-12-8-5-9-13-25)20-33(44-27(37)19-31(41,28(38)39)18-26(35)36)16-14-30(15-17-33,29(40)42-3)32(23(2)34)43-21-24-10-6-4-7-11-24/h4-13,22,41H,14-21H2,1-3H3,(H-,35,36,38,39). The van der Waals surface area contributed by atoms with Crippen LogP contribution in [0.3, 0.4) is 0 Å². The number of likely N-dealkylation sites (tertiary alicyclic amines) is 1. The summed E-state index contributed by atoms with van der Waals surface area (Å²) in [7, 11) is 1.19. The number of hydroxylamine groups is 5. The molecule has 1 aliphatic rings. The average Bonchev–Trinajstić information content (AvgIpc) is 2.98. The number of carboxylic acid groups (broad SMARTS) is 2. The van der Waals surface area contributed by atoms with E-state index in [1.54, 1.807) is 24.3 Å². The van der Waals surface area contributed by atoms with Gasteiger partial charge in [0.25, 0.3) is 0 Å². The summed E-state index contributed by atoms with van der Waals surface area (Å²) < 4.78 is 4.71. The molecule has 2 unspecified atom stereocenters.